The van der Waals surface area contributed by atoms with Gasteiger partial charge in [-0.2, -0.15) is 0 Å². The standard InChI is InChI=1S/C35H38FN3O3/c1-5-6-7-8-16-41-34(40)21-12-14-26(15-13-21)42-28-20-24(35(2,3)4)17-23-19-27-31(33(38)39-32(27)37)30(29(23)28)22-10-9-11-25(36)18-22/h9-15,17-20,34,40H,5-8,16H2,1-4H3,(H3,37,38,39). The van der Waals surface area contributed by atoms with E-state index in [-0.39, 0.29) is 22.9 Å². The Bertz CT molecular complexity index is 1660. The van der Waals surface area contributed by atoms with E-state index in [4.69, 9.17) is 20.6 Å². The highest BCUT2D eigenvalue weighted by atomic mass is 19.1. The van der Waals surface area contributed by atoms with Crippen molar-refractivity contribution in [3.05, 3.63) is 94.8 Å². The number of unbranched alkanes of at least 4 members (excludes halogenated alkanes) is 3. The lowest BCUT2D eigenvalue weighted by molar-refractivity contribution is -0.103. The maximum Gasteiger partial charge on any atom is 0.181 e. The number of nitrogens with two attached hydrogens (primary N) is 1. The molecule has 0 radical (unpaired) electrons. The topological polar surface area (TPSA) is 101 Å². The van der Waals surface area contributed by atoms with E-state index >= 15 is 0 Å². The van der Waals surface area contributed by atoms with Crippen molar-refractivity contribution < 1.29 is 19.0 Å². The number of aliphatic hydroxyl groups excluding tert-OH is 1. The summed E-state index contributed by atoms with van der Waals surface area (Å²) in [4.78, 5) is 4.24. The first-order valence-electron chi connectivity index (χ1n) is 14.5. The fraction of sp³-hybridized carbons (Fsp3) is 0.314. The van der Waals surface area contributed by atoms with E-state index in [1.807, 2.05) is 18.2 Å². The molecule has 0 fully saturated rings. The highest BCUT2D eigenvalue weighted by molar-refractivity contribution is 6.27. The monoisotopic (exact) mass is 567 g/mol. The Balaban J connectivity index is 1.60. The van der Waals surface area contributed by atoms with E-state index < -0.39 is 6.29 Å². The van der Waals surface area contributed by atoms with Crippen LogP contribution in [0.2, 0.25) is 0 Å². The van der Waals surface area contributed by atoms with Gasteiger partial charge >= 0.3 is 0 Å². The fourth-order valence-corrected chi connectivity index (χ4v) is 5.29. The molecule has 1 atom stereocenters. The fourth-order valence-electron chi connectivity index (χ4n) is 5.29. The van der Waals surface area contributed by atoms with Gasteiger partial charge in [0.25, 0.3) is 0 Å². The summed E-state index contributed by atoms with van der Waals surface area (Å²) in [7, 11) is 0. The third-order valence-electron chi connectivity index (χ3n) is 7.59. The lowest BCUT2D eigenvalue weighted by Gasteiger charge is -2.24. The second-order valence-corrected chi connectivity index (χ2v) is 11.8. The van der Waals surface area contributed by atoms with Crippen molar-refractivity contribution in [3.8, 4) is 22.6 Å². The Morgan fingerprint density at radius 1 is 0.976 bits per heavy atom. The van der Waals surface area contributed by atoms with Gasteiger partial charge in [-0.3, -0.25) is 5.41 Å². The third-order valence-corrected chi connectivity index (χ3v) is 7.59. The Hall–Kier alpha value is -4.07. The summed E-state index contributed by atoms with van der Waals surface area (Å²) >= 11 is 0. The molecule has 0 saturated heterocycles. The number of hydrogen-bond acceptors (Lipinski definition) is 5. The summed E-state index contributed by atoms with van der Waals surface area (Å²) in [5.41, 5.74) is 10.3. The van der Waals surface area contributed by atoms with E-state index in [1.165, 1.54) is 12.1 Å². The number of halogens is 1. The van der Waals surface area contributed by atoms with E-state index in [0.29, 0.717) is 45.9 Å². The number of nitrogens with zero attached hydrogens (tertiary/aromatic N) is 1. The zero-order valence-electron chi connectivity index (χ0n) is 24.6. The molecule has 4 N–H and O–H groups in total. The average Bonchev–Trinajstić information content (AvgIpc) is 3.23. The molecule has 6 nitrogen and oxygen atoms in total. The molecule has 1 heterocycles. The zero-order valence-corrected chi connectivity index (χ0v) is 24.6. The lowest BCUT2D eigenvalue weighted by Crippen LogP contribution is -2.14. The Morgan fingerprint density at radius 3 is 2.43 bits per heavy atom. The first kappa shape index (κ1) is 29.4. The predicted octanol–water partition coefficient (Wildman–Crippen LogP) is 8.37. The molecule has 5 rings (SSSR count). The predicted molar refractivity (Wildman–Crippen MR) is 167 cm³/mol. The van der Waals surface area contributed by atoms with Gasteiger partial charge in [0.2, 0.25) is 0 Å². The van der Waals surface area contributed by atoms with Gasteiger partial charge in [-0.05, 0) is 64.7 Å². The van der Waals surface area contributed by atoms with E-state index in [2.05, 4.69) is 38.8 Å². The van der Waals surface area contributed by atoms with Gasteiger partial charge in [0.15, 0.2) is 12.1 Å². The SMILES string of the molecule is CCCCCCOC(O)c1ccc(Oc2cc(C(C)(C)C)cc3cc4c(c(-c5cccc(F)c5)c23)C(N)=NC4=N)cc1. The second kappa shape index (κ2) is 12.0. The molecular weight excluding hydrogens is 529 g/mol. The number of amidine groups is 2. The minimum Gasteiger partial charge on any atom is -0.457 e. The molecule has 0 bridgehead atoms. The lowest BCUT2D eigenvalue weighted by atomic mass is 9.83. The molecule has 4 aromatic rings. The maximum atomic E-state index is 14.5. The van der Waals surface area contributed by atoms with Crippen LogP contribution in [-0.2, 0) is 10.2 Å². The van der Waals surface area contributed by atoms with E-state index in [9.17, 15) is 9.50 Å². The number of nitrogens with one attached hydrogen (secondary N) is 1. The number of rotatable bonds is 10. The van der Waals surface area contributed by atoms with Crippen LogP contribution in [0.5, 0.6) is 11.5 Å². The van der Waals surface area contributed by atoms with E-state index in [1.54, 1.807) is 30.3 Å². The minimum absolute atomic E-state index is 0.0763. The second-order valence-electron chi connectivity index (χ2n) is 11.8. The first-order valence-corrected chi connectivity index (χ1v) is 14.5. The molecule has 42 heavy (non-hydrogen) atoms. The Kier molecular flexibility index (Phi) is 8.43. The first-order chi connectivity index (χ1) is 20.1. The van der Waals surface area contributed by atoms with Crippen LogP contribution in [0.3, 0.4) is 0 Å². The highest BCUT2D eigenvalue weighted by Crippen LogP contribution is 2.45. The Morgan fingerprint density at radius 2 is 1.74 bits per heavy atom. The molecule has 218 valence electrons. The molecule has 1 aliphatic rings. The normalized spacial score (nSPS) is 13.8. The van der Waals surface area contributed by atoms with Gasteiger partial charge < -0.3 is 20.3 Å². The molecule has 1 unspecified atom stereocenters. The van der Waals surface area contributed by atoms with Crippen LogP contribution < -0.4 is 10.5 Å². The van der Waals surface area contributed by atoms with Crippen molar-refractivity contribution in [1.29, 1.82) is 5.41 Å². The molecule has 0 spiro atoms. The number of aliphatic imine (C=N–C) groups is 1. The molecule has 7 heteroatoms. The van der Waals surface area contributed by atoms with Crippen LogP contribution in [-0.4, -0.2) is 23.4 Å². The third kappa shape index (κ3) is 6.08. The molecular formula is C35H38FN3O3. The summed E-state index contributed by atoms with van der Waals surface area (Å²) in [6.07, 6.45) is 3.29. The molecule has 4 aromatic carbocycles. The van der Waals surface area contributed by atoms with Crippen molar-refractivity contribution in [3.63, 3.8) is 0 Å². The van der Waals surface area contributed by atoms with Gasteiger partial charge in [0, 0.05) is 27.6 Å². The number of aliphatic hydroxyl groups is 1. The summed E-state index contributed by atoms with van der Waals surface area (Å²) in [6, 6.07) is 19.5. The van der Waals surface area contributed by atoms with Crippen molar-refractivity contribution >= 4 is 22.4 Å². The highest BCUT2D eigenvalue weighted by Gasteiger charge is 2.28. The van der Waals surface area contributed by atoms with Gasteiger partial charge in [0.1, 0.15) is 23.2 Å². The molecule has 1 aliphatic heterocycles. The van der Waals surface area contributed by atoms with Crippen LogP contribution in [0.15, 0.2) is 71.7 Å². The van der Waals surface area contributed by atoms with Crippen LogP contribution in [0.4, 0.5) is 4.39 Å². The van der Waals surface area contributed by atoms with Gasteiger partial charge in [0.05, 0.1) is 6.61 Å². The number of benzene rings is 4. The van der Waals surface area contributed by atoms with Crippen molar-refractivity contribution in [2.24, 2.45) is 10.7 Å². The van der Waals surface area contributed by atoms with Crippen LogP contribution >= 0.6 is 0 Å². The minimum atomic E-state index is -1.01. The number of ether oxygens (including phenoxy) is 2. The zero-order chi connectivity index (χ0) is 30.0. The smallest absolute Gasteiger partial charge is 0.181 e. The molecule has 0 amide bonds. The molecule has 0 aromatic heterocycles. The van der Waals surface area contributed by atoms with Crippen molar-refractivity contribution in [1.82, 2.24) is 0 Å². The summed E-state index contributed by atoms with van der Waals surface area (Å²) in [6.45, 7) is 9.04. The maximum absolute atomic E-state index is 14.5. The molecule has 0 saturated carbocycles. The van der Waals surface area contributed by atoms with Crippen LogP contribution in [0.1, 0.15) is 81.9 Å². The molecule has 0 aliphatic carbocycles. The van der Waals surface area contributed by atoms with Gasteiger partial charge in [-0.15, -0.1) is 0 Å². The van der Waals surface area contributed by atoms with Gasteiger partial charge in [-0.25, -0.2) is 9.38 Å². The quantitative estimate of drug-likeness (QED) is 0.132. The largest absolute Gasteiger partial charge is 0.457 e. The summed E-state index contributed by atoms with van der Waals surface area (Å²) < 4.78 is 26.7. The summed E-state index contributed by atoms with van der Waals surface area (Å²) in [5.74, 6) is 1.06. The summed E-state index contributed by atoms with van der Waals surface area (Å²) in [5, 5.41) is 20.6. The number of fused-ring (bicyclic) bond motifs is 2. The van der Waals surface area contributed by atoms with Crippen molar-refractivity contribution in [2.75, 3.05) is 6.61 Å². The Labute approximate surface area is 246 Å². The van der Waals surface area contributed by atoms with Gasteiger partial charge in [-0.1, -0.05) is 77.3 Å². The van der Waals surface area contributed by atoms with E-state index in [0.717, 1.165) is 42.0 Å². The van der Waals surface area contributed by atoms with Crippen molar-refractivity contribution in [2.45, 2.75) is 65.1 Å². The van der Waals surface area contributed by atoms with Crippen LogP contribution in [0.25, 0.3) is 21.9 Å². The average molecular weight is 568 g/mol. The van der Waals surface area contributed by atoms with Crippen LogP contribution in [0, 0.1) is 11.2 Å². The number of hydrogen-bond donors (Lipinski definition) is 3.